The molecule has 0 saturated heterocycles. The SMILES string of the molecule is O[C@@H]1CCC[C@H](Nc2ccccc2)C1. The molecule has 1 aliphatic carbocycles. The van der Waals surface area contributed by atoms with Crippen molar-refractivity contribution in [2.75, 3.05) is 5.32 Å². The fourth-order valence-corrected chi connectivity index (χ4v) is 2.07. The summed E-state index contributed by atoms with van der Waals surface area (Å²) in [4.78, 5) is 0. The van der Waals surface area contributed by atoms with Gasteiger partial charge in [0.05, 0.1) is 6.10 Å². The second kappa shape index (κ2) is 4.47. The van der Waals surface area contributed by atoms with Gasteiger partial charge in [0, 0.05) is 11.7 Å². The van der Waals surface area contributed by atoms with E-state index in [1.54, 1.807) is 0 Å². The van der Waals surface area contributed by atoms with E-state index < -0.39 is 0 Å². The number of anilines is 1. The van der Waals surface area contributed by atoms with E-state index in [-0.39, 0.29) is 6.10 Å². The van der Waals surface area contributed by atoms with E-state index in [0.29, 0.717) is 6.04 Å². The highest BCUT2D eigenvalue weighted by atomic mass is 16.3. The quantitative estimate of drug-likeness (QED) is 0.752. The summed E-state index contributed by atoms with van der Waals surface area (Å²) >= 11 is 0. The van der Waals surface area contributed by atoms with Gasteiger partial charge >= 0.3 is 0 Å². The molecule has 1 saturated carbocycles. The van der Waals surface area contributed by atoms with E-state index in [0.717, 1.165) is 24.9 Å². The minimum absolute atomic E-state index is 0.107. The van der Waals surface area contributed by atoms with Crippen molar-refractivity contribution in [2.45, 2.75) is 37.8 Å². The molecule has 2 heteroatoms. The standard InChI is InChI=1S/C12H17NO/c14-12-8-4-7-11(9-12)13-10-5-2-1-3-6-10/h1-3,5-6,11-14H,4,7-9H2/t11-,12+/m0/s1. The van der Waals surface area contributed by atoms with Crippen LogP contribution in [-0.2, 0) is 0 Å². The van der Waals surface area contributed by atoms with Gasteiger partial charge < -0.3 is 10.4 Å². The molecule has 1 fully saturated rings. The summed E-state index contributed by atoms with van der Waals surface area (Å²) in [6, 6.07) is 10.7. The molecule has 0 amide bonds. The summed E-state index contributed by atoms with van der Waals surface area (Å²) in [5, 5.41) is 13.0. The molecular formula is C12H17NO. The normalized spacial score (nSPS) is 27.2. The maximum Gasteiger partial charge on any atom is 0.0559 e. The first kappa shape index (κ1) is 9.53. The number of hydrogen-bond acceptors (Lipinski definition) is 2. The monoisotopic (exact) mass is 191 g/mol. The average Bonchev–Trinajstić information content (AvgIpc) is 2.19. The van der Waals surface area contributed by atoms with Crippen LogP contribution < -0.4 is 5.32 Å². The number of aliphatic hydroxyl groups excluding tert-OH is 1. The molecule has 2 nitrogen and oxygen atoms in total. The first-order valence-corrected chi connectivity index (χ1v) is 5.34. The van der Waals surface area contributed by atoms with Gasteiger partial charge in [-0.1, -0.05) is 18.2 Å². The highest BCUT2D eigenvalue weighted by molar-refractivity contribution is 5.43. The third-order valence-corrected chi connectivity index (χ3v) is 2.79. The molecule has 76 valence electrons. The van der Waals surface area contributed by atoms with Crippen molar-refractivity contribution < 1.29 is 5.11 Å². The zero-order chi connectivity index (χ0) is 9.80. The Balaban J connectivity index is 1.91. The van der Waals surface area contributed by atoms with Crippen LogP contribution in [0.25, 0.3) is 0 Å². The van der Waals surface area contributed by atoms with Gasteiger partial charge in [-0.3, -0.25) is 0 Å². The van der Waals surface area contributed by atoms with Crippen molar-refractivity contribution in [3.63, 3.8) is 0 Å². The lowest BCUT2D eigenvalue weighted by Gasteiger charge is -2.27. The number of benzene rings is 1. The highest BCUT2D eigenvalue weighted by Gasteiger charge is 2.19. The Morgan fingerprint density at radius 3 is 2.64 bits per heavy atom. The predicted molar refractivity (Wildman–Crippen MR) is 58.3 cm³/mol. The van der Waals surface area contributed by atoms with Crippen molar-refractivity contribution in [1.29, 1.82) is 0 Å². The van der Waals surface area contributed by atoms with Gasteiger partial charge in [-0.05, 0) is 37.8 Å². The molecule has 1 aromatic carbocycles. The largest absolute Gasteiger partial charge is 0.393 e. The van der Waals surface area contributed by atoms with Gasteiger partial charge in [0.1, 0.15) is 0 Å². The second-order valence-corrected chi connectivity index (χ2v) is 4.03. The van der Waals surface area contributed by atoms with E-state index in [1.807, 2.05) is 18.2 Å². The van der Waals surface area contributed by atoms with Crippen molar-refractivity contribution in [2.24, 2.45) is 0 Å². The van der Waals surface area contributed by atoms with Gasteiger partial charge in [0.15, 0.2) is 0 Å². The van der Waals surface area contributed by atoms with E-state index in [2.05, 4.69) is 17.4 Å². The predicted octanol–water partition coefficient (Wildman–Crippen LogP) is 2.40. The maximum atomic E-state index is 9.52. The molecule has 14 heavy (non-hydrogen) atoms. The van der Waals surface area contributed by atoms with Gasteiger partial charge in [-0.2, -0.15) is 0 Å². The van der Waals surface area contributed by atoms with Gasteiger partial charge in [-0.15, -0.1) is 0 Å². The molecule has 0 unspecified atom stereocenters. The molecule has 1 aliphatic rings. The first-order valence-electron chi connectivity index (χ1n) is 5.34. The number of hydrogen-bond donors (Lipinski definition) is 2. The molecule has 2 rings (SSSR count). The molecule has 0 heterocycles. The molecule has 0 aromatic heterocycles. The Morgan fingerprint density at radius 1 is 1.14 bits per heavy atom. The lowest BCUT2D eigenvalue weighted by atomic mass is 9.93. The molecule has 0 bridgehead atoms. The van der Waals surface area contributed by atoms with Crippen LogP contribution in [0.1, 0.15) is 25.7 Å². The number of para-hydroxylation sites is 1. The van der Waals surface area contributed by atoms with Crippen molar-refractivity contribution in [3.05, 3.63) is 30.3 Å². The van der Waals surface area contributed by atoms with Crippen LogP contribution in [0.2, 0.25) is 0 Å². The second-order valence-electron chi connectivity index (χ2n) is 4.03. The van der Waals surface area contributed by atoms with E-state index in [4.69, 9.17) is 0 Å². The Labute approximate surface area is 85.0 Å². The Morgan fingerprint density at radius 2 is 1.93 bits per heavy atom. The summed E-state index contributed by atoms with van der Waals surface area (Å²) in [5.41, 5.74) is 1.16. The minimum Gasteiger partial charge on any atom is -0.393 e. The first-order chi connectivity index (χ1) is 6.84. The zero-order valence-corrected chi connectivity index (χ0v) is 8.32. The van der Waals surface area contributed by atoms with Crippen LogP contribution in [0, 0.1) is 0 Å². The van der Waals surface area contributed by atoms with Crippen LogP contribution in [0.3, 0.4) is 0 Å². The van der Waals surface area contributed by atoms with Crippen LogP contribution >= 0.6 is 0 Å². The molecular weight excluding hydrogens is 174 g/mol. The summed E-state index contributed by atoms with van der Waals surface area (Å²) < 4.78 is 0. The Kier molecular flexibility index (Phi) is 3.04. The Bertz CT molecular complexity index is 273. The van der Waals surface area contributed by atoms with Gasteiger partial charge in [0.25, 0.3) is 0 Å². The van der Waals surface area contributed by atoms with Crippen LogP contribution in [0.4, 0.5) is 5.69 Å². The molecule has 1 aromatic rings. The van der Waals surface area contributed by atoms with Crippen LogP contribution in [0.5, 0.6) is 0 Å². The van der Waals surface area contributed by atoms with Crippen molar-refractivity contribution in [3.8, 4) is 0 Å². The molecule has 0 spiro atoms. The van der Waals surface area contributed by atoms with Crippen molar-refractivity contribution >= 4 is 5.69 Å². The average molecular weight is 191 g/mol. The van der Waals surface area contributed by atoms with Gasteiger partial charge in [-0.25, -0.2) is 0 Å². The third-order valence-electron chi connectivity index (χ3n) is 2.79. The molecule has 2 N–H and O–H groups in total. The van der Waals surface area contributed by atoms with Crippen molar-refractivity contribution in [1.82, 2.24) is 0 Å². The molecule has 2 atom stereocenters. The highest BCUT2D eigenvalue weighted by Crippen LogP contribution is 2.21. The van der Waals surface area contributed by atoms with E-state index in [9.17, 15) is 5.11 Å². The minimum atomic E-state index is -0.107. The van der Waals surface area contributed by atoms with E-state index >= 15 is 0 Å². The summed E-state index contributed by atoms with van der Waals surface area (Å²) in [7, 11) is 0. The number of nitrogens with one attached hydrogen (secondary N) is 1. The Hall–Kier alpha value is -1.02. The summed E-state index contributed by atoms with van der Waals surface area (Å²) in [6.07, 6.45) is 4.05. The molecule has 0 radical (unpaired) electrons. The zero-order valence-electron chi connectivity index (χ0n) is 8.32. The summed E-state index contributed by atoms with van der Waals surface area (Å²) in [5.74, 6) is 0. The topological polar surface area (TPSA) is 32.3 Å². The maximum absolute atomic E-state index is 9.52. The lowest BCUT2D eigenvalue weighted by Crippen LogP contribution is -2.29. The van der Waals surface area contributed by atoms with Crippen LogP contribution in [-0.4, -0.2) is 17.3 Å². The third kappa shape index (κ3) is 2.48. The number of rotatable bonds is 2. The molecule has 0 aliphatic heterocycles. The smallest absolute Gasteiger partial charge is 0.0559 e. The number of aliphatic hydroxyl groups is 1. The summed E-state index contributed by atoms with van der Waals surface area (Å²) in [6.45, 7) is 0. The lowest BCUT2D eigenvalue weighted by molar-refractivity contribution is 0.124. The van der Waals surface area contributed by atoms with E-state index in [1.165, 1.54) is 6.42 Å². The van der Waals surface area contributed by atoms with Gasteiger partial charge in [0.2, 0.25) is 0 Å². The fraction of sp³-hybridized carbons (Fsp3) is 0.500. The van der Waals surface area contributed by atoms with Crippen LogP contribution in [0.15, 0.2) is 30.3 Å². The fourth-order valence-electron chi connectivity index (χ4n) is 2.07.